The summed E-state index contributed by atoms with van der Waals surface area (Å²) in [6, 6.07) is 0. The van der Waals surface area contributed by atoms with Gasteiger partial charge in [0, 0.05) is 12.3 Å². The maximum Gasteiger partial charge on any atom is 0.166 e. The normalized spacial score (nSPS) is 29.3. The van der Waals surface area contributed by atoms with Crippen LogP contribution < -0.4 is 0 Å². The summed E-state index contributed by atoms with van der Waals surface area (Å²) in [5.41, 5.74) is 0. The first kappa shape index (κ1) is 9.39. The number of hydrogen-bond acceptors (Lipinski definition) is 3. The van der Waals surface area contributed by atoms with E-state index in [2.05, 4.69) is 0 Å². The van der Waals surface area contributed by atoms with Gasteiger partial charge in [-0.3, -0.25) is 4.79 Å². The van der Waals surface area contributed by atoms with Gasteiger partial charge in [-0.2, -0.15) is 0 Å². The Morgan fingerprint density at radius 1 is 1.67 bits per heavy atom. The first-order valence-corrected chi connectivity index (χ1v) is 4.26. The van der Waals surface area contributed by atoms with Gasteiger partial charge in [-0.25, -0.2) is 0 Å². The molecule has 0 bridgehead atoms. The van der Waals surface area contributed by atoms with Crippen LogP contribution in [0.1, 0.15) is 26.7 Å². The van der Waals surface area contributed by atoms with Gasteiger partial charge in [-0.15, -0.1) is 0 Å². The maximum atomic E-state index is 11.3. The van der Waals surface area contributed by atoms with Crippen LogP contribution in [-0.4, -0.2) is 24.3 Å². The molecule has 0 aromatic heterocycles. The van der Waals surface area contributed by atoms with Crippen LogP contribution in [0.5, 0.6) is 0 Å². The van der Waals surface area contributed by atoms with E-state index in [9.17, 15) is 9.59 Å². The van der Waals surface area contributed by atoms with Crippen molar-refractivity contribution in [3.8, 4) is 0 Å². The molecule has 0 spiro atoms. The number of Topliss-reactive ketones (excluding diaryl/α,β-unsaturated/α-hetero) is 2. The third-order valence-corrected chi connectivity index (χ3v) is 2.20. The van der Waals surface area contributed by atoms with Crippen LogP contribution in [0, 0.1) is 5.92 Å². The second kappa shape index (κ2) is 3.81. The number of carbonyl (C=O) groups excluding carboxylic acids is 2. The zero-order valence-electron chi connectivity index (χ0n) is 7.50. The van der Waals surface area contributed by atoms with E-state index in [-0.39, 0.29) is 23.6 Å². The summed E-state index contributed by atoms with van der Waals surface area (Å²) in [6.45, 7) is 3.80. The molecule has 1 rings (SSSR count). The predicted octanol–water partition coefficient (Wildman–Crippen LogP) is 0.960. The molecule has 3 nitrogen and oxygen atoms in total. The Morgan fingerprint density at radius 2 is 2.33 bits per heavy atom. The molecule has 68 valence electrons. The fourth-order valence-corrected chi connectivity index (χ4v) is 1.36. The Kier molecular flexibility index (Phi) is 2.98. The van der Waals surface area contributed by atoms with E-state index in [1.165, 1.54) is 0 Å². The van der Waals surface area contributed by atoms with E-state index in [0.29, 0.717) is 19.4 Å². The Morgan fingerprint density at radius 3 is 2.75 bits per heavy atom. The SMILES string of the molecule is CC(=O)CCC1COC(C)C1=O. The second-order valence-electron chi connectivity index (χ2n) is 3.32. The summed E-state index contributed by atoms with van der Waals surface area (Å²) in [5.74, 6) is 0.252. The summed E-state index contributed by atoms with van der Waals surface area (Å²) in [5, 5.41) is 0. The van der Waals surface area contributed by atoms with Gasteiger partial charge in [0.15, 0.2) is 5.78 Å². The molecule has 0 aromatic rings. The van der Waals surface area contributed by atoms with Gasteiger partial charge >= 0.3 is 0 Å². The van der Waals surface area contributed by atoms with Crippen molar-refractivity contribution in [1.82, 2.24) is 0 Å². The van der Waals surface area contributed by atoms with Crippen LogP contribution in [0.3, 0.4) is 0 Å². The molecular weight excluding hydrogens is 156 g/mol. The fraction of sp³-hybridized carbons (Fsp3) is 0.778. The molecule has 2 atom stereocenters. The van der Waals surface area contributed by atoms with E-state index in [0.717, 1.165) is 0 Å². The minimum atomic E-state index is -0.262. The zero-order valence-corrected chi connectivity index (χ0v) is 7.50. The highest BCUT2D eigenvalue weighted by molar-refractivity contribution is 5.87. The topological polar surface area (TPSA) is 43.4 Å². The van der Waals surface area contributed by atoms with E-state index in [4.69, 9.17) is 4.74 Å². The molecule has 3 heteroatoms. The van der Waals surface area contributed by atoms with Gasteiger partial charge in [0.25, 0.3) is 0 Å². The van der Waals surface area contributed by atoms with Crippen molar-refractivity contribution in [3.63, 3.8) is 0 Å². The smallest absolute Gasteiger partial charge is 0.166 e. The van der Waals surface area contributed by atoms with Gasteiger partial charge in [-0.05, 0) is 20.3 Å². The van der Waals surface area contributed by atoms with Gasteiger partial charge in [0.05, 0.1) is 6.61 Å². The number of hydrogen-bond donors (Lipinski definition) is 0. The molecular formula is C9H14O3. The minimum absolute atomic E-state index is 0.0381. The molecule has 1 fully saturated rings. The number of ketones is 2. The molecule has 1 saturated heterocycles. The van der Waals surface area contributed by atoms with Gasteiger partial charge < -0.3 is 9.53 Å². The van der Waals surface area contributed by atoms with Gasteiger partial charge in [-0.1, -0.05) is 0 Å². The standard InChI is InChI=1S/C9H14O3/c1-6(10)3-4-8-5-12-7(2)9(8)11/h7-8H,3-5H2,1-2H3. The predicted molar refractivity (Wildman–Crippen MR) is 43.8 cm³/mol. The van der Waals surface area contributed by atoms with E-state index >= 15 is 0 Å². The molecule has 1 heterocycles. The van der Waals surface area contributed by atoms with Crippen molar-refractivity contribution in [2.45, 2.75) is 32.8 Å². The highest BCUT2D eigenvalue weighted by Crippen LogP contribution is 2.19. The average Bonchev–Trinajstić information content (AvgIpc) is 2.30. The van der Waals surface area contributed by atoms with Gasteiger partial charge in [0.2, 0.25) is 0 Å². The Bertz CT molecular complexity index is 198. The third-order valence-electron chi connectivity index (χ3n) is 2.20. The number of rotatable bonds is 3. The zero-order chi connectivity index (χ0) is 9.14. The first-order chi connectivity index (χ1) is 5.61. The van der Waals surface area contributed by atoms with Crippen molar-refractivity contribution in [3.05, 3.63) is 0 Å². The third kappa shape index (κ3) is 2.14. The highest BCUT2D eigenvalue weighted by atomic mass is 16.5. The Balaban J connectivity index is 2.34. The molecule has 1 aliphatic heterocycles. The number of carbonyl (C=O) groups is 2. The molecule has 2 unspecified atom stereocenters. The largest absolute Gasteiger partial charge is 0.370 e. The van der Waals surface area contributed by atoms with Crippen LogP contribution in [0.25, 0.3) is 0 Å². The second-order valence-corrected chi connectivity index (χ2v) is 3.32. The first-order valence-electron chi connectivity index (χ1n) is 4.26. The van der Waals surface area contributed by atoms with Crippen molar-refractivity contribution in [2.75, 3.05) is 6.61 Å². The van der Waals surface area contributed by atoms with Crippen LogP contribution in [0.15, 0.2) is 0 Å². The van der Waals surface area contributed by atoms with Crippen molar-refractivity contribution < 1.29 is 14.3 Å². The average molecular weight is 170 g/mol. The summed E-state index contributed by atoms with van der Waals surface area (Å²) >= 11 is 0. The van der Waals surface area contributed by atoms with E-state index in [1.54, 1.807) is 13.8 Å². The van der Waals surface area contributed by atoms with Crippen molar-refractivity contribution in [2.24, 2.45) is 5.92 Å². The number of ether oxygens (including phenoxy) is 1. The lowest BCUT2D eigenvalue weighted by atomic mass is 9.98. The lowest BCUT2D eigenvalue weighted by molar-refractivity contribution is -0.124. The van der Waals surface area contributed by atoms with Crippen molar-refractivity contribution >= 4 is 11.6 Å². The van der Waals surface area contributed by atoms with Crippen LogP contribution in [0.4, 0.5) is 0 Å². The molecule has 0 N–H and O–H groups in total. The summed E-state index contributed by atoms with van der Waals surface area (Å²) < 4.78 is 5.15. The quantitative estimate of drug-likeness (QED) is 0.633. The molecule has 0 amide bonds. The van der Waals surface area contributed by atoms with Crippen LogP contribution in [-0.2, 0) is 14.3 Å². The molecule has 0 radical (unpaired) electrons. The Hall–Kier alpha value is -0.700. The van der Waals surface area contributed by atoms with Crippen LogP contribution in [0.2, 0.25) is 0 Å². The summed E-state index contributed by atoms with van der Waals surface area (Å²) in [4.78, 5) is 21.9. The molecule has 12 heavy (non-hydrogen) atoms. The molecule has 0 aliphatic carbocycles. The lowest BCUT2D eigenvalue weighted by Crippen LogP contribution is -2.17. The van der Waals surface area contributed by atoms with E-state index in [1.807, 2.05) is 0 Å². The lowest BCUT2D eigenvalue weighted by Gasteiger charge is -2.02. The van der Waals surface area contributed by atoms with Crippen molar-refractivity contribution in [1.29, 1.82) is 0 Å². The highest BCUT2D eigenvalue weighted by Gasteiger charge is 2.31. The molecule has 0 saturated carbocycles. The summed E-state index contributed by atoms with van der Waals surface area (Å²) in [6.07, 6.45) is 0.882. The van der Waals surface area contributed by atoms with E-state index < -0.39 is 0 Å². The monoisotopic (exact) mass is 170 g/mol. The molecule has 1 aliphatic rings. The Labute approximate surface area is 72.1 Å². The summed E-state index contributed by atoms with van der Waals surface area (Å²) in [7, 11) is 0. The molecule has 0 aromatic carbocycles. The minimum Gasteiger partial charge on any atom is -0.370 e. The van der Waals surface area contributed by atoms with Gasteiger partial charge in [0.1, 0.15) is 11.9 Å². The maximum absolute atomic E-state index is 11.3. The van der Waals surface area contributed by atoms with Crippen LogP contribution >= 0.6 is 0 Å². The fourth-order valence-electron chi connectivity index (χ4n) is 1.36.